The standard InChI is InChI=1S/C9H15N3O2/c1-13-9-6-8(14-11-9)7-12-4-2-10-3-5-12/h6,10H,2-5,7H2,1H3. The summed E-state index contributed by atoms with van der Waals surface area (Å²) >= 11 is 0. The van der Waals surface area contributed by atoms with Gasteiger partial charge in [-0.1, -0.05) is 0 Å². The molecule has 2 rings (SSSR count). The number of methoxy groups -OCH3 is 1. The fourth-order valence-electron chi connectivity index (χ4n) is 1.55. The highest BCUT2D eigenvalue weighted by Gasteiger charge is 2.12. The van der Waals surface area contributed by atoms with Crippen LogP contribution in [0.4, 0.5) is 0 Å². The van der Waals surface area contributed by atoms with Gasteiger partial charge in [-0.05, 0) is 5.16 Å². The summed E-state index contributed by atoms with van der Waals surface area (Å²) < 4.78 is 10.1. The topological polar surface area (TPSA) is 50.5 Å². The molecule has 0 aliphatic carbocycles. The molecule has 0 saturated carbocycles. The van der Waals surface area contributed by atoms with Gasteiger partial charge in [0, 0.05) is 32.2 Å². The van der Waals surface area contributed by atoms with Gasteiger partial charge in [0.15, 0.2) is 5.76 Å². The Hall–Kier alpha value is -1.07. The van der Waals surface area contributed by atoms with E-state index in [0.717, 1.165) is 38.5 Å². The number of hydrogen-bond acceptors (Lipinski definition) is 5. The van der Waals surface area contributed by atoms with Crippen molar-refractivity contribution in [3.05, 3.63) is 11.8 Å². The highest BCUT2D eigenvalue weighted by Crippen LogP contribution is 2.12. The summed E-state index contributed by atoms with van der Waals surface area (Å²) in [5.74, 6) is 1.42. The zero-order valence-corrected chi connectivity index (χ0v) is 8.32. The van der Waals surface area contributed by atoms with Crippen molar-refractivity contribution in [1.82, 2.24) is 15.4 Å². The van der Waals surface area contributed by atoms with Gasteiger partial charge in [-0.3, -0.25) is 4.90 Å². The van der Waals surface area contributed by atoms with Crippen LogP contribution in [0, 0.1) is 0 Å². The molecule has 0 radical (unpaired) electrons. The largest absolute Gasteiger partial charge is 0.479 e. The van der Waals surface area contributed by atoms with Crippen molar-refractivity contribution in [3.8, 4) is 5.88 Å². The van der Waals surface area contributed by atoms with E-state index in [9.17, 15) is 0 Å². The van der Waals surface area contributed by atoms with E-state index in [1.54, 1.807) is 7.11 Å². The van der Waals surface area contributed by atoms with E-state index >= 15 is 0 Å². The highest BCUT2D eigenvalue weighted by atomic mass is 16.5. The molecule has 0 bridgehead atoms. The Kier molecular flexibility index (Phi) is 3.00. The molecule has 5 heteroatoms. The summed E-state index contributed by atoms with van der Waals surface area (Å²) in [6, 6.07) is 1.84. The molecule has 0 unspecified atom stereocenters. The molecule has 0 atom stereocenters. The van der Waals surface area contributed by atoms with Crippen molar-refractivity contribution < 1.29 is 9.26 Å². The SMILES string of the molecule is COc1cc(CN2CCNCC2)on1. The smallest absolute Gasteiger partial charge is 0.254 e. The normalized spacial score (nSPS) is 18.4. The van der Waals surface area contributed by atoms with Crippen molar-refractivity contribution in [2.75, 3.05) is 33.3 Å². The van der Waals surface area contributed by atoms with Crippen LogP contribution in [-0.4, -0.2) is 43.3 Å². The molecule has 1 aromatic heterocycles. The first kappa shape index (κ1) is 9.48. The van der Waals surface area contributed by atoms with Crippen molar-refractivity contribution >= 4 is 0 Å². The third-order valence-corrected chi connectivity index (χ3v) is 2.34. The number of nitrogens with zero attached hydrogens (tertiary/aromatic N) is 2. The van der Waals surface area contributed by atoms with Crippen molar-refractivity contribution in [2.45, 2.75) is 6.54 Å². The second-order valence-electron chi connectivity index (χ2n) is 3.36. The first-order valence-corrected chi connectivity index (χ1v) is 4.81. The molecule has 0 spiro atoms. The number of rotatable bonds is 3. The molecule has 1 N–H and O–H groups in total. The van der Waals surface area contributed by atoms with E-state index in [-0.39, 0.29) is 0 Å². The number of ether oxygens (including phenoxy) is 1. The molecule has 1 aliphatic heterocycles. The Labute approximate surface area is 83.0 Å². The van der Waals surface area contributed by atoms with Gasteiger partial charge in [0.25, 0.3) is 5.88 Å². The maximum atomic E-state index is 5.12. The maximum absolute atomic E-state index is 5.12. The number of piperazine rings is 1. The minimum Gasteiger partial charge on any atom is -0.479 e. The number of hydrogen-bond donors (Lipinski definition) is 1. The average molecular weight is 197 g/mol. The van der Waals surface area contributed by atoms with E-state index in [0.29, 0.717) is 5.88 Å². The van der Waals surface area contributed by atoms with Crippen LogP contribution in [0.1, 0.15) is 5.76 Å². The molecule has 0 amide bonds. The first-order valence-electron chi connectivity index (χ1n) is 4.81. The van der Waals surface area contributed by atoms with Crippen LogP contribution in [0.25, 0.3) is 0 Å². The van der Waals surface area contributed by atoms with Gasteiger partial charge in [-0.15, -0.1) is 0 Å². The quantitative estimate of drug-likeness (QED) is 0.744. The van der Waals surface area contributed by atoms with Crippen molar-refractivity contribution in [1.29, 1.82) is 0 Å². The number of nitrogens with one attached hydrogen (secondary N) is 1. The fourth-order valence-corrected chi connectivity index (χ4v) is 1.55. The Morgan fingerprint density at radius 3 is 3.00 bits per heavy atom. The highest BCUT2D eigenvalue weighted by molar-refractivity contribution is 5.10. The van der Waals surface area contributed by atoms with E-state index in [4.69, 9.17) is 9.26 Å². The summed E-state index contributed by atoms with van der Waals surface area (Å²) in [6.07, 6.45) is 0. The molecule has 5 nitrogen and oxygen atoms in total. The van der Waals surface area contributed by atoms with Gasteiger partial charge in [-0.25, -0.2) is 0 Å². The lowest BCUT2D eigenvalue weighted by atomic mass is 10.3. The predicted molar refractivity (Wildman–Crippen MR) is 51.2 cm³/mol. The minimum atomic E-state index is 0.551. The summed E-state index contributed by atoms with van der Waals surface area (Å²) in [5.41, 5.74) is 0. The summed E-state index contributed by atoms with van der Waals surface area (Å²) in [6.45, 7) is 5.03. The summed E-state index contributed by atoms with van der Waals surface area (Å²) in [4.78, 5) is 2.33. The van der Waals surface area contributed by atoms with Gasteiger partial charge < -0.3 is 14.6 Å². The van der Waals surface area contributed by atoms with Gasteiger partial charge in [0.05, 0.1) is 13.7 Å². The van der Waals surface area contributed by atoms with E-state index in [1.807, 2.05) is 6.07 Å². The van der Waals surface area contributed by atoms with E-state index in [2.05, 4.69) is 15.4 Å². The fraction of sp³-hybridized carbons (Fsp3) is 0.667. The summed E-state index contributed by atoms with van der Waals surface area (Å²) in [5, 5.41) is 7.06. The molecule has 1 aliphatic rings. The van der Waals surface area contributed by atoms with Crippen LogP contribution in [0.5, 0.6) is 5.88 Å². The molecular weight excluding hydrogens is 182 g/mol. The lowest BCUT2D eigenvalue weighted by Crippen LogP contribution is -2.42. The monoisotopic (exact) mass is 197 g/mol. The van der Waals surface area contributed by atoms with Gasteiger partial charge in [0.1, 0.15) is 0 Å². The molecule has 1 aromatic rings. The molecular formula is C9H15N3O2. The minimum absolute atomic E-state index is 0.551. The zero-order valence-electron chi connectivity index (χ0n) is 8.32. The maximum Gasteiger partial charge on any atom is 0.254 e. The molecule has 1 saturated heterocycles. The van der Waals surface area contributed by atoms with Crippen molar-refractivity contribution in [3.63, 3.8) is 0 Å². The molecule has 2 heterocycles. The molecule has 14 heavy (non-hydrogen) atoms. The Bertz CT molecular complexity index is 281. The molecule has 1 fully saturated rings. The van der Waals surface area contributed by atoms with Crippen LogP contribution < -0.4 is 10.1 Å². The summed E-state index contributed by atoms with van der Waals surface area (Å²) in [7, 11) is 1.59. The molecule has 78 valence electrons. The van der Waals surface area contributed by atoms with Gasteiger partial charge >= 0.3 is 0 Å². The van der Waals surface area contributed by atoms with Crippen LogP contribution in [-0.2, 0) is 6.54 Å². The first-order chi connectivity index (χ1) is 6.88. The second-order valence-corrected chi connectivity index (χ2v) is 3.36. The Balaban J connectivity index is 1.89. The average Bonchev–Trinajstić information content (AvgIpc) is 2.67. The van der Waals surface area contributed by atoms with Crippen LogP contribution >= 0.6 is 0 Å². The molecule has 0 aromatic carbocycles. The van der Waals surface area contributed by atoms with Crippen LogP contribution in [0.3, 0.4) is 0 Å². The lowest BCUT2D eigenvalue weighted by molar-refractivity contribution is 0.206. The third kappa shape index (κ3) is 2.24. The Morgan fingerprint density at radius 1 is 1.57 bits per heavy atom. The van der Waals surface area contributed by atoms with Gasteiger partial charge in [-0.2, -0.15) is 0 Å². The Morgan fingerprint density at radius 2 is 2.36 bits per heavy atom. The van der Waals surface area contributed by atoms with Crippen molar-refractivity contribution in [2.24, 2.45) is 0 Å². The second kappa shape index (κ2) is 4.43. The van der Waals surface area contributed by atoms with Gasteiger partial charge in [0.2, 0.25) is 0 Å². The zero-order chi connectivity index (χ0) is 9.80. The van der Waals surface area contributed by atoms with E-state index in [1.165, 1.54) is 0 Å². The van der Waals surface area contributed by atoms with Crippen LogP contribution in [0.15, 0.2) is 10.6 Å². The van der Waals surface area contributed by atoms with E-state index < -0.39 is 0 Å². The predicted octanol–water partition coefficient (Wildman–Crippen LogP) is 0.0884. The third-order valence-electron chi connectivity index (χ3n) is 2.34. The lowest BCUT2D eigenvalue weighted by Gasteiger charge is -2.25. The van der Waals surface area contributed by atoms with Crippen LogP contribution in [0.2, 0.25) is 0 Å². The number of aromatic nitrogens is 1.